The van der Waals surface area contributed by atoms with Crippen LogP contribution >= 0.6 is 34.5 Å². The minimum Gasteiger partial charge on any atom is -0.347 e. The molecule has 0 saturated carbocycles. The molecule has 0 spiro atoms. The van der Waals surface area contributed by atoms with Gasteiger partial charge in [0.2, 0.25) is 11.8 Å². The summed E-state index contributed by atoms with van der Waals surface area (Å²) < 4.78 is 0. The summed E-state index contributed by atoms with van der Waals surface area (Å²) in [6.07, 6.45) is 2.29. The highest BCUT2D eigenvalue weighted by Gasteiger charge is 2.21. The molecule has 5 nitrogen and oxygen atoms in total. The highest BCUT2D eigenvalue weighted by Crippen LogP contribution is 2.26. The van der Waals surface area contributed by atoms with E-state index in [0.29, 0.717) is 21.6 Å². The van der Waals surface area contributed by atoms with Crippen molar-refractivity contribution in [1.82, 2.24) is 10.3 Å². The third-order valence-corrected chi connectivity index (χ3v) is 4.77. The molecule has 2 aromatic rings. The van der Waals surface area contributed by atoms with Crippen LogP contribution in [0.4, 0.5) is 5.13 Å². The van der Waals surface area contributed by atoms with Crippen LogP contribution in [0.3, 0.4) is 0 Å². The molecule has 0 bridgehead atoms. The first kappa shape index (κ1) is 19.7. The molecule has 0 aliphatic heterocycles. The lowest BCUT2D eigenvalue weighted by Crippen LogP contribution is -2.39. The number of nitrogens with zero attached hydrogens (tertiary/aromatic N) is 1. The fourth-order valence-electron chi connectivity index (χ4n) is 1.89. The van der Waals surface area contributed by atoms with Crippen LogP contribution in [0.2, 0.25) is 10.0 Å². The van der Waals surface area contributed by atoms with Crippen molar-refractivity contribution in [2.75, 3.05) is 11.9 Å². The number of halogens is 2. The molecule has 25 heavy (non-hydrogen) atoms. The van der Waals surface area contributed by atoms with Crippen LogP contribution in [0.1, 0.15) is 31.2 Å². The predicted molar refractivity (Wildman–Crippen MR) is 102 cm³/mol. The Morgan fingerprint density at radius 2 is 1.96 bits per heavy atom. The molecule has 0 fully saturated rings. The molecule has 2 amide bonds. The van der Waals surface area contributed by atoms with Crippen LogP contribution in [0.15, 0.2) is 24.4 Å². The maximum atomic E-state index is 11.9. The van der Waals surface area contributed by atoms with Gasteiger partial charge in [-0.3, -0.25) is 9.59 Å². The second kappa shape index (κ2) is 8.17. The summed E-state index contributed by atoms with van der Waals surface area (Å²) in [6, 6.07) is 5.34. The number of thiazole rings is 1. The molecule has 0 unspecified atom stereocenters. The zero-order chi connectivity index (χ0) is 18.6. The van der Waals surface area contributed by atoms with Gasteiger partial charge in [0.1, 0.15) is 0 Å². The quantitative estimate of drug-likeness (QED) is 0.793. The average Bonchev–Trinajstić information content (AvgIpc) is 2.93. The van der Waals surface area contributed by atoms with Crippen LogP contribution in [-0.2, 0) is 16.0 Å². The van der Waals surface area contributed by atoms with Gasteiger partial charge in [0.25, 0.3) is 0 Å². The lowest BCUT2D eigenvalue weighted by Gasteiger charge is -2.17. The number of carbonyl (C=O) groups excluding carboxylic acids is 2. The van der Waals surface area contributed by atoms with Crippen molar-refractivity contribution in [3.63, 3.8) is 0 Å². The minimum absolute atomic E-state index is 0.0893. The number of anilines is 1. The van der Waals surface area contributed by atoms with E-state index in [-0.39, 0.29) is 18.4 Å². The van der Waals surface area contributed by atoms with Gasteiger partial charge in [-0.15, -0.1) is 11.3 Å². The fourth-order valence-corrected chi connectivity index (χ4v) is 3.22. The van der Waals surface area contributed by atoms with Crippen molar-refractivity contribution in [3.8, 4) is 0 Å². The van der Waals surface area contributed by atoms with Crippen molar-refractivity contribution in [2.24, 2.45) is 5.41 Å². The Kier molecular flexibility index (Phi) is 6.43. The first-order valence-electron chi connectivity index (χ1n) is 7.62. The summed E-state index contributed by atoms with van der Waals surface area (Å²) in [7, 11) is 0. The molecule has 1 aromatic carbocycles. The molecule has 0 atom stereocenters. The van der Waals surface area contributed by atoms with Crippen LogP contribution in [0, 0.1) is 5.41 Å². The van der Waals surface area contributed by atoms with Crippen molar-refractivity contribution in [3.05, 3.63) is 44.9 Å². The third kappa shape index (κ3) is 5.99. The number of carbonyl (C=O) groups is 2. The maximum absolute atomic E-state index is 11.9. The van der Waals surface area contributed by atoms with Crippen molar-refractivity contribution >= 4 is 51.5 Å². The van der Waals surface area contributed by atoms with Gasteiger partial charge in [-0.2, -0.15) is 0 Å². The smallest absolute Gasteiger partial charge is 0.245 e. The maximum Gasteiger partial charge on any atom is 0.245 e. The molecule has 0 aliphatic carbocycles. The Labute approximate surface area is 160 Å². The zero-order valence-corrected chi connectivity index (χ0v) is 16.5. The molecule has 2 rings (SSSR count). The molecule has 0 radical (unpaired) electrons. The second-order valence-corrected chi connectivity index (χ2v) is 8.48. The minimum atomic E-state index is -0.535. The molecule has 0 saturated heterocycles. The molecule has 2 N–H and O–H groups in total. The van der Waals surface area contributed by atoms with Crippen molar-refractivity contribution in [1.29, 1.82) is 0 Å². The molecule has 1 aromatic heterocycles. The van der Waals surface area contributed by atoms with Crippen molar-refractivity contribution < 1.29 is 9.59 Å². The number of hydrogen-bond donors (Lipinski definition) is 2. The summed E-state index contributed by atoms with van der Waals surface area (Å²) in [5, 5.41) is 6.94. The Morgan fingerprint density at radius 1 is 1.24 bits per heavy atom. The first-order valence-corrected chi connectivity index (χ1v) is 9.19. The van der Waals surface area contributed by atoms with Gasteiger partial charge in [-0.25, -0.2) is 4.98 Å². The van der Waals surface area contributed by atoms with Crippen LogP contribution in [0.25, 0.3) is 0 Å². The van der Waals surface area contributed by atoms with Gasteiger partial charge in [-0.05, 0) is 17.7 Å². The standard InChI is InChI=1S/C17H19Cl2N3O2S/c1-17(2,3)15(24)20-9-14(23)22-16-21-8-12(25-16)6-10-4-5-11(18)7-13(10)19/h4-5,7-8H,6,9H2,1-3H3,(H,20,24)(H,21,22,23). The van der Waals surface area contributed by atoms with Gasteiger partial charge in [-0.1, -0.05) is 50.0 Å². The summed E-state index contributed by atoms with van der Waals surface area (Å²) in [4.78, 5) is 28.8. The van der Waals surface area contributed by atoms with Crippen LogP contribution in [-0.4, -0.2) is 23.3 Å². The van der Waals surface area contributed by atoms with E-state index in [2.05, 4.69) is 15.6 Å². The number of hydrogen-bond acceptors (Lipinski definition) is 4. The van der Waals surface area contributed by atoms with E-state index in [1.165, 1.54) is 11.3 Å². The Hall–Kier alpha value is -1.63. The summed E-state index contributed by atoms with van der Waals surface area (Å²) >= 11 is 13.4. The summed E-state index contributed by atoms with van der Waals surface area (Å²) in [6.45, 7) is 5.27. The van der Waals surface area contributed by atoms with E-state index >= 15 is 0 Å². The van der Waals surface area contributed by atoms with Gasteiger partial charge in [0, 0.05) is 33.0 Å². The normalized spacial score (nSPS) is 11.2. The number of nitrogens with one attached hydrogen (secondary N) is 2. The SMILES string of the molecule is CC(C)(C)C(=O)NCC(=O)Nc1ncc(Cc2ccc(Cl)cc2Cl)s1. The van der Waals surface area contributed by atoms with Gasteiger partial charge >= 0.3 is 0 Å². The van der Waals surface area contributed by atoms with E-state index in [1.54, 1.807) is 39.1 Å². The van der Waals surface area contributed by atoms with Gasteiger partial charge in [0.05, 0.1) is 6.54 Å². The summed E-state index contributed by atoms with van der Waals surface area (Å²) in [5.74, 6) is -0.497. The van der Waals surface area contributed by atoms with E-state index in [9.17, 15) is 9.59 Å². The molecule has 8 heteroatoms. The monoisotopic (exact) mass is 399 g/mol. The van der Waals surface area contributed by atoms with E-state index in [4.69, 9.17) is 23.2 Å². The molecular formula is C17H19Cl2N3O2S. The Balaban J connectivity index is 1.90. The van der Waals surface area contributed by atoms with Crippen LogP contribution in [0.5, 0.6) is 0 Å². The van der Waals surface area contributed by atoms with Gasteiger partial charge in [0.15, 0.2) is 5.13 Å². The number of aromatic nitrogens is 1. The summed E-state index contributed by atoms with van der Waals surface area (Å²) in [5.41, 5.74) is 0.400. The second-order valence-electron chi connectivity index (χ2n) is 6.53. The highest BCUT2D eigenvalue weighted by molar-refractivity contribution is 7.15. The number of amides is 2. The highest BCUT2D eigenvalue weighted by atomic mass is 35.5. The van der Waals surface area contributed by atoms with Gasteiger partial charge < -0.3 is 10.6 Å². The Morgan fingerprint density at radius 3 is 2.60 bits per heavy atom. The third-order valence-electron chi connectivity index (χ3n) is 3.27. The fraction of sp³-hybridized carbons (Fsp3) is 0.353. The molecule has 1 heterocycles. The van der Waals surface area contributed by atoms with E-state index < -0.39 is 5.41 Å². The molecular weight excluding hydrogens is 381 g/mol. The number of benzene rings is 1. The van der Waals surface area contributed by atoms with Crippen molar-refractivity contribution in [2.45, 2.75) is 27.2 Å². The van der Waals surface area contributed by atoms with E-state index in [1.807, 2.05) is 6.07 Å². The topological polar surface area (TPSA) is 71.1 Å². The average molecular weight is 400 g/mol. The largest absolute Gasteiger partial charge is 0.347 e. The molecule has 134 valence electrons. The molecule has 0 aliphatic rings. The predicted octanol–water partition coefficient (Wildman–Crippen LogP) is 4.14. The Bertz CT molecular complexity index is 784. The lowest BCUT2D eigenvalue weighted by molar-refractivity contribution is -0.130. The zero-order valence-electron chi connectivity index (χ0n) is 14.2. The first-order chi connectivity index (χ1) is 11.6. The number of rotatable bonds is 5. The lowest BCUT2D eigenvalue weighted by atomic mass is 9.96. The van der Waals surface area contributed by atoms with E-state index in [0.717, 1.165) is 10.4 Å². The van der Waals surface area contributed by atoms with Crippen LogP contribution < -0.4 is 10.6 Å².